The molecule has 7 heteroatoms. The predicted molar refractivity (Wildman–Crippen MR) is 95.5 cm³/mol. The number of imidazole rings is 1. The molecule has 1 aromatic heterocycles. The van der Waals surface area contributed by atoms with Gasteiger partial charge in [0.2, 0.25) is 5.91 Å². The molecule has 7 nitrogen and oxygen atoms in total. The lowest BCUT2D eigenvalue weighted by Gasteiger charge is -2.19. The molecular formula is C18H25N3O4. The highest BCUT2D eigenvalue weighted by Crippen LogP contribution is 2.14. The third kappa shape index (κ3) is 4.10. The minimum atomic E-state index is -0.932. The first-order valence-electron chi connectivity index (χ1n) is 8.51. The van der Waals surface area contributed by atoms with Gasteiger partial charge in [0.1, 0.15) is 0 Å². The maximum absolute atomic E-state index is 12.7. The summed E-state index contributed by atoms with van der Waals surface area (Å²) in [5.74, 6) is -1.73. The molecule has 0 aliphatic carbocycles. The first kappa shape index (κ1) is 18.8. The Balaban J connectivity index is 2.15. The zero-order valence-electron chi connectivity index (χ0n) is 14.9. The fourth-order valence-corrected chi connectivity index (χ4v) is 2.92. The van der Waals surface area contributed by atoms with Crippen LogP contribution in [0, 0.1) is 5.92 Å². The number of hydrogen-bond donors (Lipinski definition) is 1. The van der Waals surface area contributed by atoms with Crippen molar-refractivity contribution in [3.8, 4) is 0 Å². The summed E-state index contributed by atoms with van der Waals surface area (Å²) in [4.78, 5) is 37.2. The number of fused-ring (bicyclic) bond motifs is 1. The average Bonchev–Trinajstić information content (AvgIpc) is 2.85. The van der Waals surface area contributed by atoms with Crippen LogP contribution < -0.4 is 5.69 Å². The molecule has 0 radical (unpaired) electrons. The lowest BCUT2D eigenvalue weighted by atomic mass is 10.1. The first-order chi connectivity index (χ1) is 11.9. The zero-order valence-corrected chi connectivity index (χ0v) is 14.9. The van der Waals surface area contributed by atoms with Gasteiger partial charge < -0.3 is 10.0 Å². The van der Waals surface area contributed by atoms with E-state index in [9.17, 15) is 14.4 Å². The molecule has 25 heavy (non-hydrogen) atoms. The summed E-state index contributed by atoms with van der Waals surface area (Å²) in [6.07, 6.45) is 1.01. The summed E-state index contributed by atoms with van der Waals surface area (Å²) in [5, 5.41) is 8.94. The Bertz CT molecular complexity index is 821. The lowest BCUT2D eigenvalue weighted by Crippen LogP contribution is -2.35. The summed E-state index contributed by atoms with van der Waals surface area (Å²) < 4.78 is 3.35. The van der Waals surface area contributed by atoms with E-state index in [2.05, 4.69) is 0 Å². The Morgan fingerprint density at radius 1 is 1.16 bits per heavy atom. The van der Waals surface area contributed by atoms with E-state index in [4.69, 9.17) is 5.11 Å². The molecule has 1 heterocycles. The van der Waals surface area contributed by atoms with E-state index in [1.54, 1.807) is 23.1 Å². The monoisotopic (exact) mass is 347 g/mol. The molecule has 0 aliphatic heterocycles. The van der Waals surface area contributed by atoms with Crippen LogP contribution in [0.4, 0.5) is 0 Å². The number of rotatable bonds is 8. The molecule has 0 saturated carbocycles. The Morgan fingerprint density at radius 3 is 2.24 bits per heavy atom. The molecule has 0 fully saturated rings. The molecule has 1 unspecified atom stereocenters. The van der Waals surface area contributed by atoms with Gasteiger partial charge in [0.25, 0.3) is 0 Å². The number of carboxylic acids is 1. The van der Waals surface area contributed by atoms with Crippen LogP contribution in [-0.2, 0) is 22.7 Å². The number of carbonyl (C=O) groups is 2. The van der Waals surface area contributed by atoms with Crippen LogP contribution in [0.15, 0.2) is 29.1 Å². The minimum absolute atomic E-state index is 0.114. The van der Waals surface area contributed by atoms with Gasteiger partial charge in [-0.1, -0.05) is 26.0 Å². The van der Waals surface area contributed by atoms with Gasteiger partial charge in [0, 0.05) is 33.1 Å². The smallest absolute Gasteiger partial charge is 0.329 e. The number of aromatic nitrogens is 2. The number of para-hydroxylation sites is 2. The third-order valence-electron chi connectivity index (χ3n) is 4.32. The molecule has 0 saturated heterocycles. The predicted octanol–water partition coefficient (Wildman–Crippen LogP) is 1.78. The van der Waals surface area contributed by atoms with Crippen molar-refractivity contribution >= 4 is 22.9 Å². The molecule has 136 valence electrons. The second-order valence-corrected chi connectivity index (χ2v) is 6.34. The number of amides is 1. The summed E-state index contributed by atoms with van der Waals surface area (Å²) in [5.41, 5.74) is 1.57. The maximum atomic E-state index is 12.7. The van der Waals surface area contributed by atoms with Crippen molar-refractivity contribution < 1.29 is 14.7 Å². The van der Waals surface area contributed by atoms with Crippen LogP contribution in [0.25, 0.3) is 11.0 Å². The van der Waals surface area contributed by atoms with Crippen LogP contribution in [0.1, 0.15) is 26.7 Å². The standard InChI is InChI=1S/C18H25N3O4/c1-4-10-20-14-7-5-6-8-15(14)21(18(20)25)11-9-16(22)19(3)12-13(2)17(23)24/h5-8,13H,4,9-12H2,1-3H3,(H,23,24). The van der Waals surface area contributed by atoms with Gasteiger partial charge in [0.15, 0.2) is 0 Å². The molecule has 1 amide bonds. The lowest BCUT2D eigenvalue weighted by molar-refractivity contribution is -0.142. The average molecular weight is 347 g/mol. The van der Waals surface area contributed by atoms with Crippen molar-refractivity contribution in [1.82, 2.24) is 14.0 Å². The topological polar surface area (TPSA) is 84.5 Å². The highest BCUT2D eigenvalue weighted by molar-refractivity contribution is 5.78. The second-order valence-electron chi connectivity index (χ2n) is 6.34. The van der Waals surface area contributed by atoms with E-state index < -0.39 is 11.9 Å². The molecule has 0 bridgehead atoms. The van der Waals surface area contributed by atoms with Crippen molar-refractivity contribution in [2.24, 2.45) is 5.92 Å². The third-order valence-corrected chi connectivity index (χ3v) is 4.32. The van der Waals surface area contributed by atoms with E-state index in [0.717, 1.165) is 17.5 Å². The summed E-state index contributed by atoms with van der Waals surface area (Å²) in [7, 11) is 1.59. The van der Waals surface area contributed by atoms with Crippen LogP contribution in [0.2, 0.25) is 0 Å². The Hall–Kier alpha value is -2.57. The van der Waals surface area contributed by atoms with Crippen LogP contribution in [0.3, 0.4) is 0 Å². The van der Waals surface area contributed by atoms with Crippen molar-refractivity contribution in [3.63, 3.8) is 0 Å². The molecule has 2 rings (SSSR count). The molecule has 1 atom stereocenters. The van der Waals surface area contributed by atoms with Crippen molar-refractivity contribution in [1.29, 1.82) is 0 Å². The van der Waals surface area contributed by atoms with Crippen molar-refractivity contribution in [3.05, 3.63) is 34.7 Å². The van der Waals surface area contributed by atoms with Gasteiger partial charge in [-0.15, -0.1) is 0 Å². The van der Waals surface area contributed by atoms with Gasteiger partial charge in [-0.2, -0.15) is 0 Å². The summed E-state index contributed by atoms with van der Waals surface area (Å²) >= 11 is 0. The van der Waals surface area contributed by atoms with Crippen LogP contribution in [-0.4, -0.2) is 44.6 Å². The highest BCUT2D eigenvalue weighted by atomic mass is 16.4. The SMILES string of the molecule is CCCn1c(=O)n(CCC(=O)N(C)CC(C)C(=O)O)c2ccccc21. The van der Waals surface area contributed by atoms with E-state index in [1.807, 2.05) is 31.2 Å². The molecule has 0 spiro atoms. The fraction of sp³-hybridized carbons (Fsp3) is 0.500. The van der Waals surface area contributed by atoms with Crippen LogP contribution in [0.5, 0.6) is 0 Å². The number of hydrogen-bond acceptors (Lipinski definition) is 3. The van der Waals surface area contributed by atoms with E-state index in [-0.39, 0.29) is 31.1 Å². The number of benzene rings is 1. The van der Waals surface area contributed by atoms with Crippen molar-refractivity contribution in [2.75, 3.05) is 13.6 Å². The molecule has 2 aromatic rings. The fourth-order valence-electron chi connectivity index (χ4n) is 2.92. The maximum Gasteiger partial charge on any atom is 0.329 e. The largest absolute Gasteiger partial charge is 0.481 e. The summed E-state index contributed by atoms with van der Waals surface area (Å²) in [6.45, 7) is 4.65. The quantitative estimate of drug-likeness (QED) is 0.789. The number of aryl methyl sites for hydroxylation is 2. The second kappa shape index (κ2) is 8.00. The number of carboxylic acid groups (broad SMARTS) is 1. The number of carbonyl (C=O) groups excluding carboxylic acids is 1. The van der Waals surface area contributed by atoms with E-state index in [0.29, 0.717) is 6.54 Å². The van der Waals surface area contributed by atoms with Gasteiger partial charge in [-0.25, -0.2) is 4.79 Å². The zero-order chi connectivity index (χ0) is 18.6. The van der Waals surface area contributed by atoms with Gasteiger partial charge in [0.05, 0.1) is 17.0 Å². The van der Waals surface area contributed by atoms with E-state index >= 15 is 0 Å². The molecule has 0 aliphatic rings. The molecular weight excluding hydrogens is 322 g/mol. The van der Waals surface area contributed by atoms with E-state index in [1.165, 1.54) is 4.90 Å². The molecule has 1 N–H and O–H groups in total. The number of aliphatic carboxylic acids is 1. The normalized spacial score (nSPS) is 12.3. The van der Waals surface area contributed by atoms with Crippen molar-refractivity contribution in [2.45, 2.75) is 39.8 Å². The van der Waals surface area contributed by atoms with Crippen LogP contribution >= 0.6 is 0 Å². The Labute approximate surface area is 146 Å². The van der Waals surface area contributed by atoms with Gasteiger partial charge in [-0.05, 0) is 18.6 Å². The van der Waals surface area contributed by atoms with Gasteiger partial charge >= 0.3 is 11.7 Å². The number of nitrogens with zero attached hydrogens (tertiary/aromatic N) is 3. The molecule has 1 aromatic carbocycles. The Kier molecular flexibility index (Phi) is 6.01. The highest BCUT2D eigenvalue weighted by Gasteiger charge is 2.18. The Morgan fingerprint density at radius 2 is 1.72 bits per heavy atom. The minimum Gasteiger partial charge on any atom is -0.481 e. The first-order valence-corrected chi connectivity index (χ1v) is 8.51. The summed E-state index contributed by atoms with van der Waals surface area (Å²) in [6, 6.07) is 7.55. The van der Waals surface area contributed by atoms with Gasteiger partial charge in [-0.3, -0.25) is 18.7 Å².